The van der Waals surface area contributed by atoms with Gasteiger partial charge in [-0.1, -0.05) is 31.2 Å². The number of fused-ring (bicyclic) bond motifs is 1. The van der Waals surface area contributed by atoms with Gasteiger partial charge in [0.15, 0.2) is 5.65 Å². The lowest BCUT2D eigenvalue weighted by Gasteiger charge is -2.32. The number of ether oxygens (including phenoxy) is 1. The van der Waals surface area contributed by atoms with Gasteiger partial charge in [-0.2, -0.15) is 0 Å². The van der Waals surface area contributed by atoms with E-state index in [-0.39, 0.29) is 5.97 Å². The Kier molecular flexibility index (Phi) is 5.07. The molecule has 0 spiro atoms. The summed E-state index contributed by atoms with van der Waals surface area (Å²) < 4.78 is 7.33. The lowest BCUT2D eigenvalue weighted by Crippen LogP contribution is -2.33. The zero-order valence-corrected chi connectivity index (χ0v) is 16.8. The predicted molar refractivity (Wildman–Crippen MR) is 112 cm³/mol. The predicted octanol–water partition coefficient (Wildman–Crippen LogP) is 4.72. The highest BCUT2D eigenvalue weighted by molar-refractivity contribution is 5.92. The largest absolute Gasteiger partial charge is 0.462 e. The molecule has 0 bridgehead atoms. The molecule has 3 heterocycles. The zero-order chi connectivity index (χ0) is 19.7. The highest BCUT2D eigenvalue weighted by atomic mass is 16.5. The first kappa shape index (κ1) is 18.5. The van der Waals surface area contributed by atoms with Crippen molar-refractivity contribution >= 4 is 17.3 Å². The Bertz CT molecular complexity index is 1000. The van der Waals surface area contributed by atoms with Gasteiger partial charge in [0, 0.05) is 24.8 Å². The van der Waals surface area contributed by atoms with E-state index in [1.165, 1.54) is 5.56 Å². The molecule has 1 aliphatic rings. The fourth-order valence-corrected chi connectivity index (χ4v) is 3.94. The van der Waals surface area contributed by atoms with E-state index in [1.807, 2.05) is 41.9 Å². The van der Waals surface area contributed by atoms with Gasteiger partial charge < -0.3 is 9.64 Å². The van der Waals surface area contributed by atoms with Gasteiger partial charge in [0.2, 0.25) is 0 Å². The number of esters is 1. The summed E-state index contributed by atoms with van der Waals surface area (Å²) >= 11 is 0. The molecule has 0 radical (unpaired) electrons. The van der Waals surface area contributed by atoms with Crippen LogP contribution in [0.15, 0.2) is 42.7 Å². The first-order valence-corrected chi connectivity index (χ1v) is 10.1. The molecule has 4 rings (SSSR count). The van der Waals surface area contributed by atoms with Crippen LogP contribution in [-0.4, -0.2) is 35.1 Å². The van der Waals surface area contributed by atoms with Gasteiger partial charge in [-0.05, 0) is 44.2 Å². The minimum atomic E-state index is -0.291. The maximum Gasteiger partial charge on any atom is 0.339 e. The van der Waals surface area contributed by atoms with Crippen molar-refractivity contribution in [1.29, 1.82) is 0 Å². The Balaban J connectivity index is 1.88. The normalized spacial score (nSPS) is 15.2. The van der Waals surface area contributed by atoms with Gasteiger partial charge in [0.1, 0.15) is 0 Å². The first-order chi connectivity index (χ1) is 13.6. The summed E-state index contributed by atoms with van der Waals surface area (Å²) in [6.45, 7) is 8.55. The van der Waals surface area contributed by atoms with Crippen LogP contribution in [-0.2, 0) is 4.74 Å². The van der Waals surface area contributed by atoms with Crippen LogP contribution in [0.2, 0.25) is 0 Å². The molecule has 2 aromatic heterocycles. The third kappa shape index (κ3) is 3.37. The van der Waals surface area contributed by atoms with Crippen molar-refractivity contribution < 1.29 is 9.53 Å². The lowest BCUT2D eigenvalue weighted by molar-refractivity contribution is 0.0526. The standard InChI is InChI=1S/C23H27N3O2/c1-4-28-23(27)18-13-20(25-11-9-16(2)10-12-25)22-24-14-21(26(22)15-18)19-8-6-5-7-17(19)3/h5-8,13-16H,4,9-12H2,1-3H3. The monoisotopic (exact) mass is 377 g/mol. The molecule has 0 N–H and O–H groups in total. The molecule has 0 saturated carbocycles. The molecule has 1 saturated heterocycles. The third-order valence-corrected chi connectivity index (χ3v) is 5.64. The van der Waals surface area contributed by atoms with Gasteiger partial charge in [0.05, 0.1) is 29.7 Å². The van der Waals surface area contributed by atoms with Crippen LogP contribution in [0.25, 0.3) is 16.9 Å². The van der Waals surface area contributed by atoms with Gasteiger partial charge in [-0.15, -0.1) is 0 Å². The highest BCUT2D eigenvalue weighted by Crippen LogP contribution is 2.32. The third-order valence-electron chi connectivity index (χ3n) is 5.64. The molecule has 1 fully saturated rings. The number of nitrogens with zero attached hydrogens (tertiary/aromatic N) is 3. The van der Waals surface area contributed by atoms with Gasteiger partial charge in [-0.25, -0.2) is 9.78 Å². The lowest BCUT2D eigenvalue weighted by atomic mass is 9.99. The first-order valence-electron chi connectivity index (χ1n) is 10.1. The van der Waals surface area contributed by atoms with Crippen molar-refractivity contribution in [3.8, 4) is 11.3 Å². The van der Waals surface area contributed by atoms with E-state index in [1.54, 1.807) is 0 Å². The van der Waals surface area contributed by atoms with E-state index in [0.717, 1.165) is 54.4 Å². The van der Waals surface area contributed by atoms with Gasteiger partial charge in [-0.3, -0.25) is 4.40 Å². The summed E-state index contributed by atoms with van der Waals surface area (Å²) in [4.78, 5) is 19.6. The molecule has 1 aliphatic heterocycles. The van der Waals surface area contributed by atoms with Crippen molar-refractivity contribution in [3.63, 3.8) is 0 Å². The van der Waals surface area contributed by atoms with Crippen molar-refractivity contribution in [2.24, 2.45) is 5.92 Å². The topological polar surface area (TPSA) is 46.8 Å². The van der Waals surface area contributed by atoms with Crippen molar-refractivity contribution in [3.05, 3.63) is 53.9 Å². The Labute approximate surface area is 166 Å². The van der Waals surface area contributed by atoms with E-state index in [2.05, 4.69) is 30.9 Å². The average molecular weight is 377 g/mol. The average Bonchev–Trinajstić information content (AvgIpc) is 3.12. The second-order valence-corrected chi connectivity index (χ2v) is 7.66. The van der Waals surface area contributed by atoms with Gasteiger partial charge in [0.25, 0.3) is 0 Å². The summed E-state index contributed by atoms with van der Waals surface area (Å²) in [5, 5.41) is 0. The van der Waals surface area contributed by atoms with E-state index < -0.39 is 0 Å². The van der Waals surface area contributed by atoms with Crippen LogP contribution in [0.4, 0.5) is 5.69 Å². The fraction of sp³-hybridized carbons (Fsp3) is 0.391. The SMILES string of the molecule is CCOC(=O)c1cc(N2CCC(C)CC2)c2ncc(-c3ccccc3C)n2c1. The minimum Gasteiger partial charge on any atom is -0.462 e. The van der Waals surface area contributed by atoms with Crippen molar-refractivity contribution in [2.75, 3.05) is 24.6 Å². The fourth-order valence-electron chi connectivity index (χ4n) is 3.94. The zero-order valence-electron chi connectivity index (χ0n) is 16.8. The number of hydrogen-bond donors (Lipinski definition) is 0. The summed E-state index contributed by atoms with van der Waals surface area (Å²) in [5.74, 6) is 0.447. The van der Waals surface area contributed by atoms with Crippen LogP contribution in [0, 0.1) is 12.8 Å². The number of hydrogen-bond acceptors (Lipinski definition) is 4. The summed E-state index contributed by atoms with van der Waals surface area (Å²) in [6, 6.07) is 10.2. The number of rotatable bonds is 4. The number of benzene rings is 1. The number of piperidine rings is 1. The van der Waals surface area contributed by atoms with Crippen LogP contribution >= 0.6 is 0 Å². The molecule has 5 heteroatoms. The molecule has 146 valence electrons. The molecule has 5 nitrogen and oxygen atoms in total. The smallest absolute Gasteiger partial charge is 0.339 e. The van der Waals surface area contributed by atoms with Crippen molar-refractivity contribution in [2.45, 2.75) is 33.6 Å². The Hall–Kier alpha value is -2.82. The molecule has 1 aromatic carbocycles. The number of aryl methyl sites for hydroxylation is 1. The Morgan fingerprint density at radius 3 is 2.71 bits per heavy atom. The number of carbonyl (C=O) groups is 1. The molecule has 0 aliphatic carbocycles. The molecule has 3 aromatic rings. The summed E-state index contributed by atoms with van der Waals surface area (Å²) in [6.07, 6.45) is 6.07. The number of anilines is 1. The van der Waals surface area contributed by atoms with Crippen LogP contribution in [0.3, 0.4) is 0 Å². The number of imidazole rings is 1. The summed E-state index contributed by atoms with van der Waals surface area (Å²) in [5.41, 5.74) is 5.76. The van der Waals surface area contributed by atoms with E-state index in [0.29, 0.717) is 12.2 Å². The van der Waals surface area contributed by atoms with E-state index in [4.69, 9.17) is 9.72 Å². The Morgan fingerprint density at radius 1 is 1.25 bits per heavy atom. The molecule has 0 unspecified atom stereocenters. The number of pyridine rings is 1. The van der Waals surface area contributed by atoms with E-state index in [9.17, 15) is 4.79 Å². The van der Waals surface area contributed by atoms with E-state index >= 15 is 0 Å². The molecular formula is C23H27N3O2. The second-order valence-electron chi connectivity index (χ2n) is 7.66. The molecular weight excluding hydrogens is 350 g/mol. The molecule has 0 amide bonds. The van der Waals surface area contributed by atoms with Crippen LogP contribution in [0.1, 0.15) is 42.6 Å². The molecule has 0 atom stereocenters. The molecule has 28 heavy (non-hydrogen) atoms. The summed E-state index contributed by atoms with van der Waals surface area (Å²) in [7, 11) is 0. The number of carbonyl (C=O) groups excluding carboxylic acids is 1. The highest BCUT2D eigenvalue weighted by Gasteiger charge is 2.22. The minimum absolute atomic E-state index is 0.291. The van der Waals surface area contributed by atoms with Gasteiger partial charge >= 0.3 is 5.97 Å². The van der Waals surface area contributed by atoms with Crippen LogP contribution < -0.4 is 4.90 Å². The quantitative estimate of drug-likeness (QED) is 0.617. The number of aromatic nitrogens is 2. The second kappa shape index (κ2) is 7.66. The maximum absolute atomic E-state index is 12.5. The van der Waals surface area contributed by atoms with Crippen molar-refractivity contribution in [1.82, 2.24) is 9.38 Å². The Morgan fingerprint density at radius 2 is 2.00 bits per heavy atom. The maximum atomic E-state index is 12.5. The van der Waals surface area contributed by atoms with Crippen LogP contribution in [0.5, 0.6) is 0 Å².